The van der Waals surface area contributed by atoms with Gasteiger partial charge in [-0.15, -0.1) is 10.2 Å². The molecule has 2 aromatic carbocycles. The highest BCUT2D eigenvalue weighted by Crippen LogP contribution is 2.31. The molecule has 0 amide bonds. The summed E-state index contributed by atoms with van der Waals surface area (Å²) in [6.45, 7) is 0.00946. The van der Waals surface area contributed by atoms with Crippen molar-refractivity contribution in [1.29, 1.82) is 0 Å². The van der Waals surface area contributed by atoms with E-state index in [2.05, 4.69) is 31.3 Å². The highest BCUT2D eigenvalue weighted by atomic mass is 79.9. The maximum absolute atomic E-state index is 12.2. The summed E-state index contributed by atoms with van der Waals surface area (Å²) >= 11 is 3.38. The fourth-order valence-electron chi connectivity index (χ4n) is 2.75. The number of aromatic nitrogens is 4. The predicted molar refractivity (Wildman–Crippen MR) is 106 cm³/mol. The first-order valence-corrected chi connectivity index (χ1v) is 9.25. The van der Waals surface area contributed by atoms with Gasteiger partial charge in [0.1, 0.15) is 6.54 Å². The van der Waals surface area contributed by atoms with Crippen molar-refractivity contribution >= 4 is 15.9 Å². The Morgan fingerprint density at radius 3 is 2.45 bits per heavy atom. The van der Waals surface area contributed by atoms with Crippen LogP contribution in [0, 0.1) is 0 Å². The van der Waals surface area contributed by atoms with Crippen LogP contribution in [-0.4, -0.2) is 34.1 Å². The number of methoxy groups -OCH3 is 2. The Labute approximate surface area is 173 Å². The van der Waals surface area contributed by atoms with E-state index in [0.717, 1.165) is 10.0 Å². The molecule has 0 saturated carbocycles. The van der Waals surface area contributed by atoms with Crippen molar-refractivity contribution in [3.8, 4) is 34.3 Å². The zero-order valence-electron chi connectivity index (χ0n) is 15.5. The quantitative estimate of drug-likeness (QED) is 0.432. The van der Waals surface area contributed by atoms with Crippen LogP contribution in [0.5, 0.6) is 11.5 Å². The van der Waals surface area contributed by atoms with Crippen molar-refractivity contribution < 1.29 is 18.4 Å². The van der Waals surface area contributed by atoms with Gasteiger partial charge in [-0.05, 0) is 42.5 Å². The number of halogens is 1. The monoisotopic (exact) mass is 458 g/mol. The number of benzene rings is 2. The summed E-state index contributed by atoms with van der Waals surface area (Å²) in [5.74, 6) is 1.32. The molecule has 4 aromatic rings. The highest BCUT2D eigenvalue weighted by molar-refractivity contribution is 9.10. The van der Waals surface area contributed by atoms with Crippen molar-refractivity contribution in [2.45, 2.75) is 6.54 Å². The van der Waals surface area contributed by atoms with Crippen LogP contribution in [0.1, 0.15) is 5.89 Å². The number of hydrogen-bond acceptors (Lipinski definition) is 8. The van der Waals surface area contributed by atoms with Gasteiger partial charge in [-0.3, -0.25) is 4.52 Å². The largest absolute Gasteiger partial charge is 0.493 e. The molecule has 0 N–H and O–H groups in total. The van der Waals surface area contributed by atoms with E-state index in [9.17, 15) is 4.79 Å². The second-order valence-electron chi connectivity index (χ2n) is 5.94. The van der Waals surface area contributed by atoms with E-state index in [1.807, 2.05) is 24.3 Å². The van der Waals surface area contributed by atoms with Gasteiger partial charge in [0.2, 0.25) is 11.8 Å². The van der Waals surface area contributed by atoms with Gasteiger partial charge >= 0.3 is 5.76 Å². The SMILES string of the molecule is COc1ccc(-c2noc(=O)n2Cc2nnc(-c3ccc(Br)cc3)o2)cc1OC. The van der Waals surface area contributed by atoms with Crippen molar-refractivity contribution in [1.82, 2.24) is 19.9 Å². The van der Waals surface area contributed by atoms with Gasteiger partial charge in [-0.25, -0.2) is 9.36 Å². The van der Waals surface area contributed by atoms with E-state index in [1.165, 1.54) is 11.7 Å². The molecule has 0 fully saturated rings. The summed E-state index contributed by atoms with van der Waals surface area (Å²) in [4.78, 5) is 12.2. The van der Waals surface area contributed by atoms with E-state index in [4.69, 9.17) is 18.4 Å². The van der Waals surface area contributed by atoms with Crippen LogP contribution < -0.4 is 15.2 Å². The summed E-state index contributed by atoms with van der Waals surface area (Å²) in [6.07, 6.45) is 0. The van der Waals surface area contributed by atoms with Gasteiger partial charge < -0.3 is 13.9 Å². The van der Waals surface area contributed by atoms with Gasteiger partial charge in [0, 0.05) is 15.6 Å². The molecule has 0 unspecified atom stereocenters. The molecule has 2 heterocycles. The van der Waals surface area contributed by atoms with Crippen molar-refractivity contribution in [2.24, 2.45) is 0 Å². The van der Waals surface area contributed by atoms with Crippen LogP contribution in [-0.2, 0) is 6.54 Å². The molecular weight excluding hydrogens is 444 g/mol. The molecule has 0 bridgehead atoms. The molecule has 0 aliphatic carbocycles. The third-order valence-electron chi connectivity index (χ3n) is 4.18. The lowest BCUT2D eigenvalue weighted by atomic mass is 10.2. The van der Waals surface area contributed by atoms with Gasteiger partial charge in [0.25, 0.3) is 0 Å². The predicted octanol–water partition coefficient (Wildman–Crippen LogP) is 3.38. The van der Waals surface area contributed by atoms with Crippen molar-refractivity contribution in [2.75, 3.05) is 14.2 Å². The summed E-state index contributed by atoms with van der Waals surface area (Å²) in [5, 5.41) is 11.9. The zero-order chi connectivity index (χ0) is 20.4. The van der Waals surface area contributed by atoms with Gasteiger partial charge in [0.05, 0.1) is 14.2 Å². The van der Waals surface area contributed by atoms with Gasteiger partial charge in [0.15, 0.2) is 17.3 Å². The molecule has 10 heteroatoms. The zero-order valence-corrected chi connectivity index (χ0v) is 17.0. The second-order valence-corrected chi connectivity index (χ2v) is 6.85. The standard InChI is InChI=1S/C19H15BrN4O5/c1-26-14-8-5-12(9-15(14)27-2)17-23-29-19(25)24(17)10-16-21-22-18(28-16)11-3-6-13(20)7-4-11/h3-9H,10H2,1-2H3. The Kier molecular flexibility index (Phi) is 5.17. The normalized spacial score (nSPS) is 10.9. The summed E-state index contributed by atoms with van der Waals surface area (Å²) < 4.78 is 23.3. The Bertz CT molecular complexity index is 1200. The number of ether oxygens (including phenoxy) is 2. The first kappa shape index (κ1) is 18.9. The minimum Gasteiger partial charge on any atom is -0.493 e. The molecular formula is C19H15BrN4O5. The van der Waals surface area contributed by atoms with Crippen LogP contribution in [0.25, 0.3) is 22.8 Å². The molecule has 2 aromatic heterocycles. The molecule has 0 spiro atoms. The summed E-state index contributed by atoms with van der Waals surface area (Å²) in [5.41, 5.74) is 1.38. The summed E-state index contributed by atoms with van der Waals surface area (Å²) in [6, 6.07) is 12.6. The Morgan fingerprint density at radius 2 is 1.72 bits per heavy atom. The maximum atomic E-state index is 12.2. The minimum absolute atomic E-state index is 0.00946. The lowest BCUT2D eigenvalue weighted by molar-refractivity contribution is 0.355. The Hall–Kier alpha value is -3.40. The average molecular weight is 459 g/mol. The molecule has 29 heavy (non-hydrogen) atoms. The third-order valence-corrected chi connectivity index (χ3v) is 4.71. The Balaban J connectivity index is 1.65. The smallest absolute Gasteiger partial charge is 0.442 e. The molecule has 9 nitrogen and oxygen atoms in total. The van der Waals surface area contributed by atoms with Crippen LogP contribution in [0.3, 0.4) is 0 Å². The Morgan fingerprint density at radius 1 is 1.00 bits per heavy atom. The summed E-state index contributed by atoms with van der Waals surface area (Å²) in [7, 11) is 3.07. The fourth-order valence-corrected chi connectivity index (χ4v) is 3.02. The lowest BCUT2D eigenvalue weighted by Gasteiger charge is -2.09. The maximum Gasteiger partial charge on any atom is 0.442 e. The van der Waals surface area contributed by atoms with E-state index < -0.39 is 5.76 Å². The van der Waals surface area contributed by atoms with Crippen LogP contribution in [0.4, 0.5) is 0 Å². The molecule has 4 rings (SSSR count). The molecule has 0 aliphatic heterocycles. The van der Waals surface area contributed by atoms with Crippen LogP contribution in [0.2, 0.25) is 0 Å². The number of hydrogen-bond donors (Lipinski definition) is 0. The van der Waals surface area contributed by atoms with Crippen molar-refractivity contribution in [3.63, 3.8) is 0 Å². The minimum atomic E-state index is -0.641. The van der Waals surface area contributed by atoms with E-state index >= 15 is 0 Å². The highest BCUT2D eigenvalue weighted by Gasteiger charge is 2.18. The lowest BCUT2D eigenvalue weighted by Crippen LogP contribution is -2.16. The van der Waals surface area contributed by atoms with Crippen molar-refractivity contribution in [3.05, 3.63) is 63.4 Å². The molecule has 0 saturated heterocycles. The molecule has 0 aliphatic rings. The molecule has 148 valence electrons. The first-order chi connectivity index (χ1) is 14.1. The van der Waals surface area contributed by atoms with Gasteiger partial charge in [-0.2, -0.15) is 0 Å². The van der Waals surface area contributed by atoms with E-state index in [0.29, 0.717) is 28.8 Å². The van der Waals surface area contributed by atoms with E-state index in [1.54, 1.807) is 25.3 Å². The first-order valence-electron chi connectivity index (χ1n) is 8.46. The van der Waals surface area contributed by atoms with Crippen LogP contribution in [0.15, 0.2) is 60.7 Å². The topological polar surface area (TPSA) is 105 Å². The van der Waals surface area contributed by atoms with E-state index in [-0.39, 0.29) is 12.4 Å². The second kappa shape index (κ2) is 7.92. The number of nitrogens with zero attached hydrogens (tertiary/aromatic N) is 4. The number of rotatable bonds is 6. The third kappa shape index (κ3) is 3.79. The molecule has 0 atom stereocenters. The van der Waals surface area contributed by atoms with Gasteiger partial charge in [-0.1, -0.05) is 21.1 Å². The van der Waals surface area contributed by atoms with Crippen LogP contribution >= 0.6 is 15.9 Å². The molecule has 0 radical (unpaired) electrons. The fraction of sp³-hybridized carbons (Fsp3) is 0.158. The average Bonchev–Trinajstić information content (AvgIpc) is 3.35.